The van der Waals surface area contributed by atoms with Crippen LogP contribution in [-0.2, 0) is 33.2 Å². The number of nitrogens with two attached hydrogens (primary N) is 1. The fourth-order valence-corrected chi connectivity index (χ4v) is 4.14. The maximum atomic E-state index is 10.8. The molecule has 3 aliphatic heterocycles. The lowest BCUT2D eigenvalue weighted by atomic mass is 9.96. The smallest absolute Gasteiger partial charge is 0.322 e. The van der Waals surface area contributed by atoms with Crippen LogP contribution in [0.5, 0.6) is 0 Å². The zero-order valence-corrected chi connectivity index (χ0v) is 19.9. The van der Waals surface area contributed by atoms with E-state index in [-0.39, 0.29) is 0 Å². The number of rotatable bonds is 10. The van der Waals surface area contributed by atoms with E-state index in [1.165, 1.54) is 0 Å². The lowest BCUT2D eigenvalue weighted by Gasteiger charge is -2.47. The number of hydrogen-bond donors (Lipinski definition) is 11. The number of ether oxygens (including phenoxy) is 6. The molecule has 0 aromatic carbocycles. The van der Waals surface area contributed by atoms with Gasteiger partial charge in [-0.2, -0.15) is 0 Å². The molecule has 0 aromatic heterocycles. The molecule has 3 fully saturated rings. The second kappa shape index (κ2) is 13.5. The van der Waals surface area contributed by atoms with Crippen LogP contribution in [0.1, 0.15) is 0 Å². The predicted molar refractivity (Wildman–Crippen MR) is 115 cm³/mol. The van der Waals surface area contributed by atoms with Gasteiger partial charge in [0.05, 0.1) is 26.4 Å². The normalized spacial score (nSPS) is 47.0. The van der Waals surface area contributed by atoms with Crippen molar-refractivity contribution in [3.8, 4) is 0 Å². The van der Waals surface area contributed by atoms with Gasteiger partial charge in [0.25, 0.3) is 0 Å². The highest BCUT2D eigenvalue weighted by molar-refractivity contribution is 5.73. The van der Waals surface area contributed by atoms with Crippen LogP contribution in [0.25, 0.3) is 0 Å². The minimum atomic E-state index is -1.87. The Labute approximate surface area is 215 Å². The van der Waals surface area contributed by atoms with Crippen LogP contribution in [0.15, 0.2) is 0 Å². The first-order valence-corrected chi connectivity index (χ1v) is 11.7. The second-order valence-electron chi connectivity index (χ2n) is 9.14. The Morgan fingerprint density at radius 2 is 1.32 bits per heavy atom. The van der Waals surface area contributed by atoms with Crippen molar-refractivity contribution >= 4 is 5.97 Å². The lowest BCUT2D eigenvalue weighted by molar-refractivity contribution is -0.373. The van der Waals surface area contributed by atoms with Crippen molar-refractivity contribution in [2.24, 2.45) is 5.73 Å². The van der Waals surface area contributed by atoms with Gasteiger partial charge in [0.2, 0.25) is 0 Å². The minimum absolute atomic E-state index is 0.442. The Morgan fingerprint density at radius 3 is 1.89 bits per heavy atom. The van der Waals surface area contributed by atoms with E-state index in [9.17, 15) is 50.8 Å². The molecule has 0 spiro atoms. The molecule has 3 rings (SSSR count). The summed E-state index contributed by atoms with van der Waals surface area (Å²) in [5, 5.41) is 100. The third-order valence-electron chi connectivity index (χ3n) is 6.46. The third-order valence-corrected chi connectivity index (χ3v) is 6.46. The maximum absolute atomic E-state index is 10.8. The molecule has 0 aromatic rings. The summed E-state index contributed by atoms with van der Waals surface area (Å²) in [6, 6.07) is -1.41. The molecule has 18 heteroatoms. The van der Waals surface area contributed by atoms with Gasteiger partial charge in [0.15, 0.2) is 18.9 Å². The van der Waals surface area contributed by atoms with Gasteiger partial charge < -0.3 is 85.2 Å². The molecule has 12 N–H and O–H groups in total. The summed E-state index contributed by atoms with van der Waals surface area (Å²) in [5.41, 5.74) is 5.33. The van der Waals surface area contributed by atoms with E-state index in [1.807, 2.05) is 0 Å². The fourth-order valence-electron chi connectivity index (χ4n) is 4.14. The molecule has 0 aliphatic carbocycles. The van der Waals surface area contributed by atoms with Crippen molar-refractivity contribution in [3.05, 3.63) is 0 Å². The number of carboxylic acid groups (broad SMARTS) is 1. The highest BCUT2D eigenvalue weighted by Gasteiger charge is 2.52. The zero-order chi connectivity index (χ0) is 28.3. The Morgan fingerprint density at radius 1 is 0.763 bits per heavy atom. The number of aliphatic hydroxyl groups excluding tert-OH is 9. The average Bonchev–Trinajstić information content (AvgIpc) is 2.89. The minimum Gasteiger partial charge on any atom is -0.480 e. The zero-order valence-electron chi connectivity index (χ0n) is 19.9. The van der Waals surface area contributed by atoms with E-state index in [2.05, 4.69) is 0 Å². The molecule has 222 valence electrons. The number of carboxylic acids is 1. The van der Waals surface area contributed by atoms with E-state index in [1.54, 1.807) is 0 Å². The fraction of sp³-hybridized carbons (Fsp3) is 0.950. The van der Waals surface area contributed by atoms with Crippen molar-refractivity contribution in [2.45, 2.75) is 92.1 Å². The van der Waals surface area contributed by atoms with Crippen LogP contribution in [0.2, 0.25) is 0 Å². The first kappa shape index (κ1) is 31.4. The van der Waals surface area contributed by atoms with Crippen molar-refractivity contribution in [3.63, 3.8) is 0 Å². The Kier molecular flexibility index (Phi) is 11.1. The number of aliphatic hydroxyl groups is 9. The molecule has 0 amide bonds. The molecular formula is C20H35NO17. The predicted octanol–water partition coefficient (Wildman–Crippen LogP) is -7.50. The third kappa shape index (κ3) is 6.75. The highest BCUT2D eigenvalue weighted by Crippen LogP contribution is 2.31. The van der Waals surface area contributed by atoms with Gasteiger partial charge in [-0.15, -0.1) is 0 Å². The summed E-state index contributed by atoms with van der Waals surface area (Å²) in [6.45, 7) is -2.53. The molecule has 0 saturated carbocycles. The van der Waals surface area contributed by atoms with Gasteiger partial charge in [0, 0.05) is 0 Å². The summed E-state index contributed by atoms with van der Waals surface area (Å²) in [7, 11) is 0. The molecule has 0 bridgehead atoms. The highest BCUT2D eigenvalue weighted by atomic mass is 16.8. The van der Waals surface area contributed by atoms with Gasteiger partial charge >= 0.3 is 5.97 Å². The monoisotopic (exact) mass is 561 g/mol. The van der Waals surface area contributed by atoms with Crippen molar-refractivity contribution in [2.75, 3.05) is 26.4 Å². The second-order valence-corrected chi connectivity index (χ2v) is 9.14. The van der Waals surface area contributed by atoms with E-state index in [0.717, 1.165) is 0 Å². The SMILES string of the molecule is N[C@@H](CO[C@@H]1OC[C@@H](O[C@@H]2O[C@H](CO)[C@H](O)[C@H](O[C@@H]3O[C@H](CO)[C@H](O)[C@H](O)[C@H]3O)[C@H]2O)[C@H](O)[C@H]1O)C(=O)O. The molecule has 15 atom stereocenters. The molecule has 3 heterocycles. The topological polar surface area (TPSA) is 301 Å². The molecule has 0 radical (unpaired) electrons. The number of hydrogen-bond acceptors (Lipinski definition) is 17. The first-order chi connectivity index (χ1) is 17.9. The van der Waals surface area contributed by atoms with Crippen LogP contribution < -0.4 is 5.73 Å². The first-order valence-electron chi connectivity index (χ1n) is 11.7. The van der Waals surface area contributed by atoms with E-state index < -0.39 is 124 Å². The summed E-state index contributed by atoms with van der Waals surface area (Å²) in [6.07, 6.45) is -23.1. The van der Waals surface area contributed by atoms with Crippen molar-refractivity contribution in [1.29, 1.82) is 0 Å². The molecule has 38 heavy (non-hydrogen) atoms. The Bertz CT molecular complexity index is 761. The van der Waals surface area contributed by atoms with Gasteiger partial charge in [-0.1, -0.05) is 0 Å². The number of aliphatic carboxylic acids is 1. The standard InChI is InChI=1S/C20H35NO17/c21-5(17(31)32)3-33-18-13(28)10(25)8(4-34-18)37-20-15(30)16(11(26)7(2-23)36-20)38-19-14(29)12(27)9(24)6(1-22)35-19/h5-16,18-20,22-30H,1-4,21H2,(H,31,32)/t5-,6+,7+,8+,9-,10-,11-,12-,13+,14+,15+,16-,18+,19-,20-/m0/s1. The molecule has 0 unspecified atom stereocenters. The largest absolute Gasteiger partial charge is 0.480 e. The molecule has 3 aliphatic rings. The van der Waals surface area contributed by atoms with Gasteiger partial charge in [-0.3, -0.25) is 4.79 Å². The summed E-state index contributed by atoms with van der Waals surface area (Å²) >= 11 is 0. The summed E-state index contributed by atoms with van der Waals surface area (Å²) in [5.74, 6) is -1.36. The van der Waals surface area contributed by atoms with Crippen LogP contribution in [0, 0.1) is 0 Å². The molecular weight excluding hydrogens is 526 g/mol. The molecule has 3 saturated heterocycles. The Balaban J connectivity index is 1.66. The number of carbonyl (C=O) groups is 1. The van der Waals surface area contributed by atoms with Crippen LogP contribution in [0.4, 0.5) is 0 Å². The van der Waals surface area contributed by atoms with Gasteiger partial charge in [-0.25, -0.2) is 0 Å². The Hall–Kier alpha value is -1.17. The van der Waals surface area contributed by atoms with Gasteiger partial charge in [0.1, 0.15) is 73.2 Å². The van der Waals surface area contributed by atoms with E-state index in [4.69, 9.17) is 39.3 Å². The average molecular weight is 561 g/mol. The van der Waals surface area contributed by atoms with Crippen molar-refractivity contribution in [1.82, 2.24) is 0 Å². The van der Waals surface area contributed by atoms with Crippen molar-refractivity contribution < 1.29 is 84.3 Å². The summed E-state index contributed by atoms with van der Waals surface area (Å²) in [4.78, 5) is 10.8. The lowest BCUT2D eigenvalue weighted by Crippen LogP contribution is -2.65. The van der Waals surface area contributed by atoms with Crippen LogP contribution >= 0.6 is 0 Å². The van der Waals surface area contributed by atoms with E-state index in [0.29, 0.717) is 0 Å². The molecule has 18 nitrogen and oxygen atoms in total. The van der Waals surface area contributed by atoms with E-state index >= 15 is 0 Å². The summed E-state index contributed by atoms with van der Waals surface area (Å²) < 4.78 is 31.9. The maximum Gasteiger partial charge on any atom is 0.322 e. The van der Waals surface area contributed by atoms with Crippen LogP contribution in [0.3, 0.4) is 0 Å². The van der Waals surface area contributed by atoms with Gasteiger partial charge in [-0.05, 0) is 0 Å². The quantitative estimate of drug-likeness (QED) is 0.118. The van der Waals surface area contributed by atoms with Crippen LogP contribution in [-0.4, -0.2) is 176 Å².